The highest BCUT2D eigenvalue weighted by atomic mass is 79.9. The fourth-order valence-electron chi connectivity index (χ4n) is 4.32. The summed E-state index contributed by atoms with van der Waals surface area (Å²) in [5, 5.41) is 4.08. The molecule has 0 atom stereocenters. The van der Waals surface area contributed by atoms with Crippen molar-refractivity contribution in [2.24, 2.45) is 0 Å². The predicted octanol–water partition coefficient (Wildman–Crippen LogP) is 2.29. The van der Waals surface area contributed by atoms with Gasteiger partial charge in [-0.1, -0.05) is 78.9 Å². The number of carbonyl (C=O) groups is 1. The van der Waals surface area contributed by atoms with Crippen LogP contribution in [-0.4, -0.2) is 13.1 Å². The Balaban J connectivity index is 0.00000306. The van der Waals surface area contributed by atoms with Gasteiger partial charge in [-0.25, -0.2) is 0 Å². The molecule has 33 heavy (non-hydrogen) atoms. The topological polar surface area (TPSA) is 26.3 Å². The first-order valence-electron chi connectivity index (χ1n) is 10.9. The third kappa shape index (κ3) is 5.61. The summed E-state index contributed by atoms with van der Waals surface area (Å²) in [6.45, 7) is 0. The van der Waals surface area contributed by atoms with Gasteiger partial charge in [-0.2, -0.15) is 0 Å². The Morgan fingerprint density at radius 1 is 0.636 bits per heavy atom. The second-order valence-electron chi connectivity index (χ2n) is 7.82. The molecule has 0 radical (unpaired) electrons. The fraction of sp³-hybridized carbons (Fsp3) is 0.138. The van der Waals surface area contributed by atoms with Crippen LogP contribution < -0.4 is 32.9 Å². The van der Waals surface area contributed by atoms with Crippen molar-refractivity contribution < 1.29 is 26.5 Å². The summed E-state index contributed by atoms with van der Waals surface area (Å²) in [6, 6.07) is 41.2. The van der Waals surface area contributed by atoms with E-state index >= 15 is 0 Å². The largest absolute Gasteiger partial charge is 1.00 e. The molecule has 0 aromatic heterocycles. The fourth-order valence-corrected chi connectivity index (χ4v) is 8.62. The Hall–Kier alpha value is -2.74. The molecule has 0 heterocycles. The summed E-state index contributed by atoms with van der Waals surface area (Å²) in [7, 11) is -0.523. The molecule has 0 aliphatic heterocycles. The number of hydrogen-bond donors (Lipinski definition) is 0. The maximum absolute atomic E-state index is 11.8. The van der Waals surface area contributed by atoms with E-state index in [0.717, 1.165) is 6.16 Å². The van der Waals surface area contributed by atoms with Gasteiger partial charge in [-0.3, -0.25) is 4.79 Å². The third-order valence-electron chi connectivity index (χ3n) is 5.94. The molecule has 0 amide bonds. The Labute approximate surface area is 207 Å². The molecule has 4 aromatic carbocycles. The molecule has 0 N–H and O–H groups in total. The number of methoxy groups -OCH3 is 1. The van der Waals surface area contributed by atoms with E-state index in [2.05, 4.69) is 115 Å². The van der Waals surface area contributed by atoms with Gasteiger partial charge in [0, 0.05) is 6.42 Å². The number of carbonyl (C=O) groups excluding carboxylic acids is 1. The number of benzene rings is 4. The van der Waals surface area contributed by atoms with Crippen molar-refractivity contribution in [3.63, 3.8) is 0 Å². The first-order chi connectivity index (χ1) is 15.7. The molecule has 0 aliphatic carbocycles. The predicted molar refractivity (Wildman–Crippen MR) is 136 cm³/mol. The highest BCUT2D eigenvalue weighted by Gasteiger charge is 2.45. The molecule has 0 saturated carbocycles. The van der Waals surface area contributed by atoms with Gasteiger partial charge in [0.25, 0.3) is 0 Å². The quantitative estimate of drug-likeness (QED) is 0.264. The number of rotatable bonds is 8. The van der Waals surface area contributed by atoms with Crippen LogP contribution in [0, 0.1) is 0 Å². The van der Waals surface area contributed by atoms with E-state index in [0.29, 0.717) is 12.8 Å². The van der Waals surface area contributed by atoms with Crippen molar-refractivity contribution >= 4 is 29.1 Å². The second-order valence-corrected chi connectivity index (χ2v) is 11.3. The molecular weight excluding hydrogens is 491 g/mol. The lowest BCUT2D eigenvalue weighted by Crippen LogP contribution is -3.00. The van der Waals surface area contributed by atoms with Gasteiger partial charge < -0.3 is 21.7 Å². The van der Waals surface area contributed by atoms with Gasteiger partial charge in [0.2, 0.25) is 0 Å². The second kappa shape index (κ2) is 11.9. The SMILES string of the molecule is COC(=O)CCc1ccccc1C[P+](c1ccccc1)(c1ccccc1)c1ccccc1.[Br-]. The molecule has 0 fully saturated rings. The number of aryl methyl sites for hydroxylation is 1. The molecule has 0 unspecified atom stereocenters. The zero-order valence-electron chi connectivity index (χ0n) is 18.7. The minimum Gasteiger partial charge on any atom is -1.00 e. The Morgan fingerprint density at radius 3 is 1.45 bits per heavy atom. The standard InChI is InChI=1S/C29H28O2P.BrH/c1-31-29(30)22-21-24-13-11-12-14-25(24)23-32(26-15-5-2-6-16-26,27-17-7-3-8-18-27)28-19-9-4-10-20-28;/h2-20H,21-23H2,1H3;1H/q+1;/p-1. The summed E-state index contributed by atoms with van der Waals surface area (Å²) >= 11 is 0. The van der Waals surface area contributed by atoms with E-state index in [1.807, 2.05) is 0 Å². The van der Waals surface area contributed by atoms with Crippen molar-refractivity contribution in [3.8, 4) is 0 Å². The van der Waals surface area contributed by atoms with Crippen LogP contribution >= 0.6 is 7.26 Å². The van der Waals surface area contributed by atoms with Crippen LogP contribution in [0.3, 0.4) is 0 Å². The zero-order valence-corrected chi connectivity index (χ0v) is 21.2. The Morgan fingerprint density at radius 2 is 1.03 bits per heavy atom. The number of esters is 1. The van der Waals surface area contributed by atoms with Gasteiger partial charge in [0.15, 0.2) is 0 Å². The van der Waals surface area contributed by atoms with E-state index < -0.39 is 7.26 Å². The lowest BCUT2D eigenvalue weighted by Gasteiger charge is -2.28. The molecule has 4 rings (SSSR count). The average molecular weight is 519 g/mol. The summed E-state index contributed by atoms with van der Waals surface area (Å²) in [4.78, 5) is 11.8. The molecule has 0 aliphatic rings. The summed E-state index contributed by atoms with van der Waals surface area (Å²) in [5.41, 5.74) is 2.51. The van der Waals surface area contributed by atoms with E-state index in [9.17, 15) is 4.79 Å². The average Bonchev–Trinajstić information content (AvgIpc) is 2.88. The minimum atomic E-state index is -1.97. The highest BCUT2D eigenvalue weighted by Crippen LogP contribution is 2.58. The van der Waals surface area contributed by atoms with Crippen molar-refractivity contribution in [2.75, 3.05) is 7.11 Å². The molecule has 0 bridgehead atoms. The van der Waals surface area contributed by atoms with Gasteiger partial charge in [0.1, 0.15) is 23.2 Å². The van der Waals surface area contributed by atoms with E-state index in [-0.39, 0.29) is 23.0 Å². The van der Waals surface area contributed by atoms with E-state index in [4.69, 9.17) is 4.74 Å². The number of ether oxygens (including phenoxy) is 1. The lowest BCUT2D eigenvalue weighted by molar-refractivity contribution is -0.140. The van der Waals surface area contributed by atoms with Crippen LogP contribution in [0.5, 0.6) is 0 Å². The van der Waals surface area contributed by atoms with Crippen molar-refractivity contribution in [1.82, 2.24) is 0 Å². The zero-order chi connectivity index (χ0) is 22.2. The lowest BCUT2D eigenvalue weighted by atomic mass is 10.0. The summed E-state index contributed by atoms with van der Waals surface area (Å²) in [5.74, 6) is -0.171. The van der Waals surface area contributed by atoms with E-state index in [1.165, 1.54) is 34.2 Å². The summed E-state index contributed by atoms with van der Waals surface area (Å²) in [6.07, 6.45) is 1.98. The maximum atomic E-state index is 11.8. The van der Waals surface area contributed by atoms with Crippen LogP contribution in [0.1, 0.15) is 17.5 Å². The first kappa shape index (κ1) is 24.9. The molecule has 168 valence electrons. The van der Waals surface area contributed by atoms with Crippen LogP contribution in [-0.2, 0) is 22.1 Å². The van der Waals surface area contributed by atoms with Crippen LogP contribution in [0.4, 0.5) is 0 Å². The smallest absolute Gasteiger partial charge is 0.305 e. The van der Waals surface area contributed by atoms with Crippen molar-refractivity contribution in [3.05, 3.63) is 126 Å². The highest BCUT2D eigenvalue weighted by molar-refractivity contribution is 7.95. The van der Waals surface area contributed by atoms with Crippen molar-refractivity contribution in [1.29, 1.82) is 0 Å². The number of halogens is 1. The monoisotopic (exact) mass is 518 g/mol. The molecule has 0 saturated heterocycles. The first-order valence-corrected chi connectivity index (χ1v) is 12.9. The van der Waals surface area contributed by atoms with Crippen molar-refractivity contribution in [2.45, 2.75) is 19.0 Å². The Bertz CT molecular complexity index is 1050. The third-order valence-corrected chi connectivity index (χ3v) is 10.3. The van der Waals surface area contributed by atoms with Gasteiger partial charge in [-0.05, 0) is 53.9 Å². The van der Waals surface area contributed by atoms with Crippen LogP contribution in [0.25, 0.3) is 0 Å². The van der Waals surface area contributed by atoms with Gasteiger partial charge >= 0.3 is 5.97 Å². The molecular formula is C29H28BrO2P. The molecule has 4 aromatic rings. The summed E-state index contributed by atoms with van der Waals surface area (Å²) < 4.78 is 4.89. The van der Waals surface area contributed by atoms with Gasteiger partial charge in [-0.15, -0.1) is 0 Å². The Kier molecular flexibility index (Phi) is 9.00. The van der Waals surface area contributed by atoms with Crippen LogP contribution in [0.2, 0.25) is 0 Å². The van der Waals surface area contributed by atoms with Crippen LogP contribution in [0.15, 0.2) is 115 Å². The number of hydrogen-bond acceptors (Lipinski definition) is 2. The normalized spacial score (nSPS) is 10.8. The van der Waals surface area contributed by atoms with Gasteiger partial charge in [0.05, 0.1) is 13.3 Å². The maximum Gasteiger partial charge on any atom is 0.305 e. The molecule has 2 nitrogen and oxygen atoms in total. The molecule has 0 spiro atoms. The van der Waals surface area contributed by atoms with E-state index in [1.54, 1.807) is 0 Å². The minimum absolute atomic E-state index is 0. The molecule has 4 heteroatoms.